The number of ether oxygens (including phenoxy) is 1. The minimum Gasteiger partial charge on any atom is -0.494 e. The fourth-order valence-electron chi connectivity index (χ4n) is 2.79. The van der Waals surface area contributed by atoms with E-state index < -0.39 is 4.92 Å². The largest absolute Gasteiger partial charge is 0.494 e. The molecule has 0 aliphatic heterocycles. The molecule has 1 amide bonds. The average Bonchev–Trinajstić information content (AvgIpc) is 2.60. The van der Waals surface area contributed by atoms with Gasteiger partial charge in [-0.2, -0.15) is 0 Å². The number of anilines is 2. The maximum atomic E-state index is 12.5. The number of carbonyl (C=O) groups is 1. The van der Waals surface area contributed by atoms with E-state index in [1.54, 1.807) is 0 Å². The molecule has 0 spiro atoms. The van der Waals surface area contributed by atoms with Crippen LogP contribution >= 0.6 is 0 Å². The van der Waals surface area contributed by atoms with Crippen LogP contribution in [0.25, 0.3) is 0 Å². The van der Waals surface area contributed by atoms with Crippen molar-refractivity contribution in [3.63, 3.8) is 0 Å². The van der Waals surface area contributed by atoms with Gasteiger partial charge in [0.25, 0.3) is 5.69 Å². The summed E-state index contributed by atoms with van der Waals surface area (Å²) in [5.41, 5.74) is 3.59. The predicted molar refractivity (Wildman–Crippen MR) is 102 cm³/mol. The number of methoxy groups -OCH3 is 1. The van der Waals surface area contributed by atoms with Gasteiger partial charge in [0.05, 0.1) is 30.3 Å². The first-order chi connectivity index (χ1) is 12.3. The van der Waals surface area contributed by atoms with Crippen LogP contribution in [0.5, 0.6) is 5.75 Å². The molecule has 0 saturated heterocycles. The molecule has 0 atom stereocenters. The Balaban J connectivity index is 2.15. The van der Waals surface area contributed by atoms with Gasteiger partial charge >= 0.3 is 0 Å². The van der Waals surface area contributed by atoms with Gasteiger partial charge in [0, 0.05) is 18.3 Å². The van der Waals surface area contributed by atoms with Crippen LogP contribution in [-0.2, 0) is 4.79 Å². The molecule has 0 aliphatic carbocycles. The third kappa shape index (κ3) is 4.50. The lowest BCUT2D eigenvalue weighted by Gasteiger charge is -2.24. The van der Waals surface area contributed by atoms with Gasteiger partial charge in [0.15, 0.2) is 0 Å². The van der Waals surface area contributed by atoms with Crippen molar-refractivity contribution in [3.05, 3.63) is 57.6 Å². The van der Waals surface area contributed by atoms with E-state index >= 15 is 0 Å². The number of nitro groups is 1. The van der Waals surface area contributed by atoms with Crippen LogP contribution in [0.3, 0.4) is 0 Å². The number of carbonyl (C=O) groups excluding carboxylic acids is 1. The Bertz CT molecular complexity index is 820. The summed E-state index contributed by atoms with van der Waals surface area (Å²) in [7, 11) is 1.41. The van der Waals surface area contributed by atoms with Crippen LogP contribution in [0.2, 0.25) is 0 Å². The predicted octanol–water partition coefficient (Wildman–Crippen LogP) is 3.69. The molecule has 0 radical (unpaired) electrons. The van der Waals surface area contributed by atoms with Gasteiger partial charge in [0.2, 0.25) is 5.91 Å². The minimum atomic E-state index is -0.507. The fraction of sp³-hybridized carbons (Fsp3) is 0.316. The van der Waals surface area contributed by atoms with Gasteiger partial charge in [-0.05, 0) is 38.5 Å². The number of likely N-dealkylation sites (N-methyl/N-ethyl adjacent to an activating group) is 1. The van der Waals surface area contributed by atoms with Crippen molar-refractivity contribution in [1.82, 2.24) is 0 Å². The molecule has 0 aliphatic rings. The van der Waals surface area contributed by atoms with Crippen molar-refractivity contribution in [3.8, 4) is 5.75 Å². The third-order valence-electron chi connectivity index (χ3n) is 4.08. The molecule has 1 N–H and O–H groups in total. The van der Waals surface area contributed by atoms with Crippen LogP contribution in [0, 0.1) is 24.0 Å². The highest BCUT2D eigenvalue weighted by molar-refractivity contribution is 5.95. The standard InChI is InChI=1S/C19H23N3O4/c1-5-21(17-9-6-13(2)10-14(17)3)12-19(23)20-16-8-7-15(22(24)25)11-18(16)26-4/h6-11H,5,12H2,1-4H3,(H,20,23). The van der Waals surface area contributed by atoms with Crippen LogP contribution in [0.15, 0.2) is 36.4 Å². The van der Waals surface area contributed by atoms with E-state index in [4.69, 9.17) is 4.74 Å². The van der Waals surface area contributed by atoms with Crippen molar-refractivity contribution in [1.29, 1.82) is 0 Å². The minimum absolute atomic E-state index is 0.0923. The molecule has 0 unspecified atom stereocenters. The van der Waals surface area contributed by atoms with E-state index in [1.807, 2.05) is 37.8 Å². The zero-order valence-corrected chi connectivity index (χ0v) is 15.4. The molecule has 0 aromatic heterocycles. The highest BCUT2D eigenvalue weighted by atomic mass is 16.6. The molecule has 7 heteroatoms. The summed E-state index contributed by atoms with van der Waals surface area (Å²) in [5, 5.41) is 13.6. The molecule has 0 heterocycles. The van der Waals surface area contributed by atoms with Gasteiger partial charge in [-0.1, -0.05) is 17.7 Å². The topological polar surface area (TPSA) is 84.7 Å². The van der Waals surface area contributed by atoms with E-state index in [2.05, 4.69) is 11.4 Å². The number of nitrogens with zero attached hydrogens (tertiary/aromatic N) is 2. The number of nitrogens with one attached hydrogen (secondary N) is 1. The summed E-state index contributed by atoms with van der Waals surface area (Å²) in [6.07, 6.45) is 0. The SMILES string of the molecule is CCN(CC(=O)Nc1ccc([N+](=O)[O-])cc1OC)c1ccc(C)cc1C. The lowest BCUT2D eigenvalue weighted by molar-refractivity contribution is -0.384. The van der Waals surface area contributed by atoms with Crippen molar-refractivity contribution < 1.29 is 14.5 Å². The first-order valence-electron chi connectivity index (χ1n) is 8.30. The van der Waals surface area contributed by atoms with E-state index in [0.29, 0.717) is 12.2 Å². The maximum Gasteiger partial charge on any atom is 0.273 e. The number of benzene rings is 2. The van der Waals surface area contributed by atoms with Gasteiger partial charge < -0.3 is 15.0 Å². The Kier molecular flexibility index (Phi) is 6.16. The van der Waals surface area contributed by atoms with Crippen molar-refractivity contribution in [2.45, 2.75) is 20.8 Å². The number of hydrogen-bond donors (Lipinski definition) is 1. The van der Waals surface area contributed by atoms with E-state index in [9.17, 15) is 14.9 Å². The molecular weight excluding hydrogens is 334 g/mol. The molecule has 2 rings (SSSR count). The zero-order valence-electron chi connectivity index (χ0n) is 15.4. The summed E-state index contributed by atoms with van der Waals surface area (Å²) in [4.78, 5) is 24.8. The van der Waals surface area contributed by atoms with Crippen molar-refractivity contribution >= 4 is 23.0 Å². The molecule has 7 nitrogen and oxygen atoms in total. The maximum absolute atomic E-state index is 12.5. The second-order valence-electron chi connectivity index (χ2n) is 5.99. The summed E-state index contributed by atoms with van der Waals surface area (Å²) in [6.45, 7) is 6.87. The summed E-state index contributed by atoms with van der Waals surface area (Å²) in [5.74, 6) is 0.0288. The van der Waals surface area contributed by atoms with E-state index in [0.717, 1.165) is 11.3 Å². The lowest BCUT2D eigenvalue weighted by atomic mass is 10.1. The molecule has 138 valence electrons. The van der Waals surface area contributed by atoms with Crippen molar-refractivity contribution in [2.75, 3.05) is 30.4 Å². The summed E-state index contributed by atoms with van der Waals surface area (Å²) < 4.78 is 5.15. The Hall–Kier alpha value is -3.09. The quantitative estimate of drug-likeness (QED) is 0.603. The number of amides is 1. The monoisotopic (exact) mass is 357 g/mol. The normalized spacial score (nSPS) is 10.3. The number of aryl methyl sites for hydroxylation is 2. The zero-order chi connectivity index (χ0) is 19.3. The Morgan fingerprint density at radius 2 is 1.96 bits per heavy atom. The van der Waals surface area contributed by atoms with E-state index in [1.165, 1.54) is 30.9 Å². The lowest BCUT2D eigenvalue weighted by Crippen LogP contribution is -2.33. The first kappa shape index (κ1) is 19.2. The molecule has 26 heavy (non-hydrogen) atoms. The first-order valence-corrected chi connectivity index (χ1v) is 8.30. The van der Waals surface area contributed by atoms with Gasteiger partial charge in [-0.15, -0.1) is 0 Å². The average molecular weight is 357 g/mol. The number of hydrogen-bond acceptors (Lipinski definition) is 5. The highest BCUT2D eigenvalue weighted by Crippen LogP contribution is 2.29. The Labute approximate surface area is 152 Å². The number of nitro benzene ring substituents is 1. The molecule has 0 fully saturated rings. The second kappa shape index (κ2) is 8.33. The summed E-state index contributed by atoms with van der Waals surface area (Å²) >= 11 is 0. The Morgan fingerprint density at radius 3 is 2.54 bits per heavy atom. The highest BCUT2D eigenvalue weighted by Gasteiger charge is 2.16. The second-order valence-corrected chi connectivity index (χ2v) is 5.99. The third-order valence-corrected chi connectivity index (χ3v) is 4.08. The van der Waals surface area contributed by atoms with Crippen LogP contribution in [0.4, 0.5) is 17.1 Å². The fourth-order valence-corrected chi connectivity index (χ4v) is 2.79. The Morgan fingerprint density at radius 1 is 1.23 bits per heavy atom. The molecule has 2 aromatic rings. The summed E-state index contributed by atoms with van der Waals surface area (Å²) in [6, 6.07) is 10.2. The molecule has 0 saturated carbocycles. The molecular formula is C19H23N3O4. The molecule has 0 bridgehead atoms. The van der Waals surface area contributed by atoms with E-state index in [-0.39, 0.29) is 23.9 Å². The van der Waals surface area contributed by atoms with Gasteiger partial charge in [0.1, 0.15) is 5.75 Å². The van der Waals surface area contributed by atoms with Gasteiger partial charge in [-0.3, -0.25) is 14.9 Å². The van der Waals surface area contributed by atoms with Crippen LogP contribution in [0.1, 0.15) is 18.1 Å². The van der Waals surface area contributed by atoms with Crippen molar-refractivity contribution in [2.24, 2.45) is 0 Å². The van der Waals surface area contributed by atoms with Crippen LogP contribution in [-0.4, -0.2) is 31.0 Å². The number of non-ortho nitro benzene ring substituents is 1. The van der Waals surface area contributed by atoms with Crippen LogP contribution < -0.4 is 15.0 Å². The van der Waals surface area contributed by atoms with Gasteiger partial charge in [-0.25, -0.2) is 0 Å². The molecule has 2 aromatic carbocycles. The number of rotatable bonds is 7. The smallest absolute Gasteiger partial charge is 0.273 e.